The molecule has 1 atom stereocenters. The van der Waals surface area contributed by atoms with Crippen molar-refractivity contribution >= 4 is 34.3 Å². The Hall–Kier alpha value is -0.390. The van der Waals surface area contributed by atoms with Gasteiger partial charge in [-0.25, -0.2) is 5.43 Å². The molecule has 1 aliphatic rings. The van der Waals surface area contributed by atoms with E-state index in [1.54, 1.807) is 11.3 Å². The topological polar surface area (TPSA) is 38.0 Å². The van der Waals surface area contributed by atoms with Gasteiger partial charge in [0.25, 0.3) is 0 Å². The van der Waals surface area contributed by atoms with E-state index in [0.29, 0.717) is 0 Å². The predicted molar refractivity (Wildman–Crippen MR) is 74.8 cm³/mol. The normalized spacial score (nSPS) is 16.1. The number of fused-ring (bicyclic) bond motifs is 1. The number of rotatable bonds is 3. The summed E-state index contributed by atoms with van der Waals surface area (Å²) in [6.07, 6.45) is 3.72. The highest BCUT2D eigenvalue weighted by Crippen LogP contribution is 2.39. The summed E-state index contributed by atoms with van der Waals surface area (Å²) in [7, 11) is 0. The molecule has 2 nitrogen and oxygen atoms in total. The first-order valence-electron chi connectivity index (χ1n) is 5.60. The molecular weight excluding hydrogens is 272 g/mol. The van der Waals surface area contributed by atoms with Gasteiger partial charge in [-0.2, -0.15) is 0 Å². The van der Waals surface area contributed by atoms with Gasteiger partial charge in [0.05, 0.1) is 11.1 Å². The van der Waals surface area contributed by atoms with Gasteiger partial charge >= 0.3 is 0 Å². The highest BCUT2D eigenvalue weighted by molar-refractivity contribution is 7.13. The van der Waals surface area contributed by atoms with Crippen LogP contribution in [0.3, 0.4) is 0 Å². The number of halogens is 1. The molecule has 1 unspecified atom stereocenters. The molecule has 0 radical (unpaired) electrons. The molecule has 2 aromatic heterocycles. The molecular formula is C12H13ClN2S2. The highest BCUT2D eigenvalue weighted by atomic mass is 35.5. The second-order valence-corrected chi connectivity index (χ2v) is 6.71. The van der Waals surface area contributed by atoms with Crippen molar-refractivity contribution in [3.8, 4) is 0 Å². The van der Waals surface area contributed by atoms with Gasteiger partial charge in [0.2, 0.25) is 0 Å². The lowest BCUT2D eigenvalue weighted by Crippen LogP contribution is -2.27. The molecule has 0 fully saturated rings. The number of aryl methyl sites for hydroxylation is 2. The molecule has 0 amide bonds. The number of hydrogen-bond acceptors (Lipinski definition) is 4. The minimum Gasteiger partial charge on any atom is -0.271 e. The summed E-state index contributed by atoms with van der Waals surface area (Å²) in [5.74, 6) is 5.69. The molecule has 3 rings (SSSR count). The van der Waals surface area contributed by atoms with Crippen molar-refractivity contribution < 1.29 is 0 Å². The van der Waals surface area contributed by atoms with E-state index in [1.165, 1.54) is 34.6 Å². The first-order valence-corrected chi connectivity index (χ1v) is 7.67. The van der Waals surface area contributed by atoms with Crippen LogP contribution in [0.15, 0.2) is 17.5 Å². The molecule has 0 aromatic carbocycles. The summed E-state index contributed by atoms with van der Waals surface area (Å²) in [6, 6.07) is 4.25. The van der Waals surface area contributed by atoms with Crippen molar-refractivity contribution in [3.63, 3.8) is 0 Å². The summed E-state index contributed by atoms with van der Waals surface area (Å²) in [6.45, 7) is 0. The van der Waals surface area contributed by atoms with Gasteiger partial charge < -0.3 is 0 Å². The van der Waals surface area contributed by atoms with Crippen molar-refractivity contribution in [2.24, 2.45) is 5.84 Å². The quantitative estimate of drug-likeness (QED) is 0.669. The summed E-state index contributed by atoms with van der Waals surface area (Å²) >= 11 is 9.69. The van der Waals surface area contributed by atoms with Crippen molar-refractivity contribution in [3.05, 3.63) is 42.7 Å². The summed E-state index contributed by atoms with van der Waals surface area (Å²) in [5.41, 5.74) is 4.38. The van der Waals surface area contributed by atoms with Crippen molar-refractivity contribution in [2.75, 3.05) is 0 Å². The maximum absolute atomic E-state index is 6.18. The van der Waals surface area contributed by atoms with Gasteiger partial charge in [-0.3, -0.25) is 5.84 Å². The maximum atomic E-state index is 6.18. The fraction of sp³-hybridized carbons (Fsp3) is 0.333. The zero-order valence-electron chi connectivity index (χ0n) is 9.20. The monoisotopic (exact) mass is 284 g/mol. The van der Waals surface area contributed by atoms with Crippen LogP contribution in [0.5, 0.6) is 0 Å². The Labute approximate surface area is 113 Å². The van der Waals surface area contributed by atoms with Crippen molar-refractivity contribution in [1.82, 2.24) is 5.43 Å². The van der Waals surface area contributed by atoms with Gasteiger partial charge in [0.15, 0.2) is 0 Å². The van der Waals surface area contributed by atoms with E-state index in [0.717, 1.165) is 9.90 Å². The van der Waals surface area contributed by atoms with Crippen LogP contribution in [0.2, 0.25) is 5.02 Å². The molecule has 90 valence electrons. The van der Waals surface area contributed by atoms with Crippen LogP contribution in [0, 0.1) is 0 Å². The number of thiophene rings is 2. The lowest BCUT2D eigenvalue weighted by molar-refractivity contribution is 0.656. The van der Waals surface area contributed by atoms with E-state index in [4.69, 9.17) is 17.4 Å². The molecule has 2 aromatic rings. The second-order valence-electron chi connectivity index (χ2n) is 4.18. The summed E-state index contributed by atoms with van der Waals surface area (Å²) in [5, 5.41) is 2.80. The Morgan fingerprint density at radius 2 is 2.29 bits per heavy atom. The third-order valence-corrected chi connectivity index (χ3v) is 5.85. The molecule has 0 aliphatic heterocycles. The molecule has 1 aliphatic carbocycles. The van der Waals surface area contributed by atoms with E-state index in [9.17, 15) is 0 Å². The Kier molecular flexibility index (Phi) is 3.23. The zero-order chi connectivity index (χ0) is 11.8. The average molecular weight is 285 g/mol. The van der Waals surface area contributed by atoms with Crippen LogP contribution < -0.4 is 11.3 Å². The highest BCUT2D eigenvalue weighted by Gasteiger charge is 2.22. The van der Waals surface area contributed by atoms with Crippen LogP contribution in [0.25, 0.3) is 0 Å². The lowest BCUT2D eigenvalue weighted by Gasteiger charge is -2.13. The number of hydrogen-bond donors (Lipinski definition) is 2. The third kappa shape index (κ3) is 2.04. The van der Waals surface area contributed by atoms with E-state index >= 15 is 0 Å². The Bertz CT molecular complexity index is 511. The SMILES string of the molecule is NNC(c1cc2c(s1)CCC2)c1sccc1Cl. The molecule has 5 heteroatoms. The Morgan fingerprint density at radius 3 is 2.94 bits per heavy atom. The van der Waals surface area contributed by atoms with Crippen LogP contribution in [-0.2, 0) is 12.8 Å². The predicted octanol–water partition coefficient (Wildman–Crippen LogP) is 3.50. The van der Waals surface area contributed by atoms with Gasteiger partial charge in [0, 0.05) is 14.6 Å². The van der Waals surface area contributed by atoms with Crippen LogP contribution in [0.4, 0.5) is 0 Å². The summed E-state index contributed by atoms with van der Waals surface area (Å²) in [4.78, 5) is 3.91. The van der Waals surface area contributed by atoms with E-state index in [-0.39, 0.29) is 6.04 Å². The van der Waals surface area contributed by atoms with E-state index < -0.39 is 0 Å². The molecule has 2 heterocycles. The molecule has 0 saturated heterocycles. The van der Waals surface area contributed by atoms with Gasteiger partial charge in [-0.15, -0.1) is 22.7 Å². The average Bonchev–Trinajstić information content (AvgIpc) is 2.96. The molecule has 0 saturated carbocycles. The minimum absolute atomic E-state index is 0.0399. The minimum atomic E-state index is 0.0399. The first kappa shape index (κ1) is 11.7. The molecule has 0 bridgehead atoms. The smallest absolute Gasteiger partial charge is 0.0909 e. The Balaban J connectivity index is 1.97. The van der Waals surface area contributed by atoms with E-state index in [1.807, 2.05) is 22.8 Å². The van der Waals surface area contributed by atoms with Gasteiger partial charge in [0.1, 0.15) is 0 Å². The fourth-order valence-electron chi connectivity index (χ4n) is 2.29. The van der Waals surface area contributed by atoms with E-state index in [2.05, 4.69) is 11.5 Å². The number of hydrazine groups is 1. The third-order valence-electron chi connectivity index (χ3n) is 3.12. The van der Waals surface area contributed by atoms with Gasteiger partial charge in [-0.05, 0) is 42.3 Å². The van der Waals surface area contributed by atoms with Crippen LogP contribution in [-0.4, -0.2) is 0 Å². The summed E-state index contributed by atoms with van der Waals surface area (Å²) < 4.78 is 0. The second kappa shape index (κ2) is 4.71. The maximum Gasteiger partial charge on any atom is 0.0909 e. The van der Waals surface area contributed by atoms with Crippen molar-refractivity contribution in [1.29, 1.82) is 0 Å². The zero-order valence-corrected chi connectivity index (χ0v) is 11.6. The first-order chi connectivity index (χ1) is 8.29. The molecule has 0 spiro atoms. The number of nitrogens with two attached hydrogens (primary N) is 1. The van der Waals surface area contributed by atoms with Crippen LogP contribution >= 0.6 is 34.3 Å². The largest absolute Gasteiger partial charge is 0.271 e. The molecule has 17 heavy (non-hydrogen) atoms. The number of nitrogens with one attached hydrogen (secondary N) is 1. The molecule has 3 N–H and O–H groups in total. The Morgan fingerprint density at radius 1 is 1.41 bits per heavy atom. The van der Waals surface area contributed by atoms with Crippen LogP contribution in [0.1, 0.15) is 32.7 Å². The lowest BCUT2D eigenvalue weighted by atomic mass is 10.1. The van der Waals surface area contributed by atoms with Gasteiger partial charge in [-0.1, -0.05) is 11.6 Å². The van der Waals surface area contributed by atoms with Crippen molar-refractivity contribution in [2.45, 2.75) is 25.3 Å². The fourth-order valence-corrected chi connectivity index (χ4v) is 4.94. The standard InChI is InChI=1S/C12H13ClN2S2/c13-8-4-5-16-12(8)11(15-14)10-6-7-2-1-3-9(7)17-10/h4-6,11,15H,1-3,14H2.